The van der Waals surface area contributed by atoms with Crippen LogP contribution in [0.4, 0.5) is 0 Å². The first-order chi connectivity index (χ1) is 13.4. The van der Waals surface area contributed by atoms with Crippen LogP contribution in [0, 0.1) is 6.92 Å². The number of carbonyl (C=O) groups is 3. The van der Waals surface area contributed by atoms with Gasteiger partial charge in [-0.05, 0) is 31.2 Å². The molecule has 28 heavy (non-hydrogen) atoms. The summed E-state index contributed by atoms with van der Waals surface area (Å²) in [6, 6.07) is 6.66. The number of ether oxygens (including phenoxy) is 2. The Morgan fingerprint density at radius 2 is 1.82 bits per heavy atom. The molecule has 8 nitrogen and oxygen atoms in total. The third-order valence-electron chi connectivity index (χ3n) is 4.40. The Kier molecular flexibility index (Phi) is 7.20. The molecule has 1 aromatic carbocycles. The van der Waals surface area contributed by atoms with Gasteiger partial charge in [-0.1, -0.05) is 0 Å². The second-order valence-electron chi connectivity index (χ2n) is 6.18. The topological polar surface area (TPSA) is 98.7 Å². The quantitative estimate of drug-likeness (QED) is 0.638. The van der Waals surface area contributed by atoms with Crippen molar-refractivity contribution in [1.82, 2.24) is 15.2 Å². The van der Waals surface area contributed by atoms with Crippen molar-refractivity contribution in [2.45, 2.75) is 26.9 Å². The Morgan fingerprint density at radius 3 is 2.43 bits per heavy atom. The van der Waals surface area contributed by atoms with Crippen LogP contribution in [0.15, 0.2) is 24.3 Å². The number of nitrogens with zero attached hydrogens (tertiary/aromatic N) is 1. The standard InChI is InChI=1S/C20H25N3O5/c1-13-16(12-24)9-17(23(13)8-7-21-14(2)25)11-22-20(26)15-5-6-18(27-3)19(10-15)28-4/h5-6,9-10,12H,7-8,11H2,1-4H3,(H,21,25)(H,22,26). The number of hydrogen-bond donors (Lipinski definition) is 2. The van der Waals surface area contributed by atoms with Crippen molar-refractivity contribution in [2.75, 3.05) is 20.8 Å². The van der Waals surface area contributed by atoms with Crippen LogP contribution < -0.4 is 20.1 Å². The van der Waals surface area contributed by atoms with Crippen LogP contribution in [0.3, 0.4) is 0 Å². The SMILES string of the molecule is COc1ccc(C(=O)NCc2cc(C=O)c(C)n2CCNC(C)=O)cc1OC. The first kappa shape index (κ1) is 21.0. The number of carbonyl (C=O) groups excluding carboxylic acids is 3. The summed E-state index contributed by atoms with van der Waals surface area (Å²) < 4.78 is 12.3. The minimum atomic E-state index is -0.277. The highest BCUT2D eigenvalue weighted by Crippen LogP contribution is 2.27. The lowest BCUT2D eigenvalue weighted by atomic mass is 10.2. The molecule has 2 amide bonds. The summed E-state index contributed by atoms with van der Waals surface area (Å²) in [5.41, 5.74) is 2.55. The third kappa shape index (κ3) is 4.91. The van der Waals surface area contributed by atoms with E-state index in [2.05, 4.69) is 10.6 Å². The molecule has 0 unspecified atom stereocenters. The van der Waals surface area contributed by atoms with Crippen LogP contribution in [0.2, 0.25) is 0 Å². The molecule has 0 fully saturated rings. The van der Waals surface area contributed by atoms with Gasteiger partial charge in [0, 0.05) is 42.5 Å². The van der Waals surface area contributed by atoms with E-state index in [0.29, 0.717) is 35.7 Å². The van der Waals surface area contributed by atoms with Gasteiger partial charge in [0.15, 0.2) is 17.8 Å². The summed E-state index contributed by atoms with van der Waals surface area (Å²) >= 11 is 0. The first-order valence-corrected chi connectivity index (χ1v) is 8.80. The number of benzene rings is 1. The Bertz CT molecular complexity index is 873. The van der Waals surface area contributed by atoms with Gasteiger partial charge in [-0.15, -0.1) is 0 Å². The average Bonchev–Trinajstić information content (AvgIpc) is 3.00. The fourth-order valence-corrected chi connectivity index (χ4v) is 2.90. The van der Waals surface area contributed by atoms with Crippen LogP contribution in [0.5, 0.6) is 11.5 Å². The van der Waals surface area contributed by atoms with Gasteiger partial charge in [-0.2, -0.15) is 0 Å². The highest BCUT2D eigenvalue weighted by Gasteiger charge is 2.14. The van der Waals surface area contributed by atoms with E-state index in [1.807, 2.05) is 11.5 Å². The maximum atomic E-state index is 12.5. The zero-order valence-electron chi connectivity index (χ0n) is 16.5. The number of rotatable bonds is 9. The van der Waals surface area contributed by atoms with Gasteiger partial charge in [-0.3, -0.25) is 14.4 Å². The molecule has 0 bridgehead atoms. The Labute approximate surface area is 163 Å². The Morgan fingerprint density at radius 1 is 1.11 bits per heavy atom. The van der Waals surface area contributed by atoms with Crippen molar-refractivity contribution in [3.63, 3.8) is 0 Å². The van der Waals surface area contributed by atoms with E-state index < -0.39 is 0 Å². The van der Waals surface area contributed by atoms with Crippen LogP contribution >= 0.6 is 0 Å². The summed E-state index contributed by atoms with van der Waals surface area (Å²) in [6.07, 6.45) is 0.782. The van der Waals surface area contributed by atoms with Gasteiger partial charge in [0.2, 0.25) is 5.91 Å². The number of aromatic nitrogens is 1. The second kappa shape index (κ2) is 9.59. The molecule has 2 N–H and O–H groups in total. The molecule has 0 aliphatic carbocycles. The highest BCUT2D eigenvalue weighted by molar-refractivity contribution is 5.94. The smallest absolute Gasteiger partial charge is 0.251 e. The van der Waals surface area contributed by atoms with Gasteiger partial charge in [0.25, 0.3) is 5.91 Å². The van der Waals surface area contributed by atoms with Crippen molar-refractivity contribution in [2.24, 2.45) is 0 Å². The molecular formula is C20H25N3O5. The summed E-state index contributed by atoms with van der Waals surface area (Å²) in [4.78, 5) is 34.9. The Balaban J connectivity index is 2.13. The molecule has 0 atom stereocenters. The van der Waals surface area contributed by atoms with Gasteiger partial charge < -0.3 is 24.7 Å². The predicted octanol–water partition coefficient (Wildman–Crippen LogP) is 1.69. The van der Waals surface area contributed by atoms with E-state index in [1.165, 1.54) is 21.1 Å². The van der Waals surface area contributed by atoms with Crippen molar-refractivity contribution < 1.29 is 23.9 Å². The molecule has 0 radical (unpaired) electrons. The molecule has 1 heterocycles. The van der Waals surface area contributed by atoms with E-state index in [9.17, 15) is 14.4 Å². The van der Waals surface area contributed by atoms with Gasteiger partial charge in [0.1, 0.15) is 0 Å². The molecule has 0 spiro atoms. The van der Waals surface area contributed by atoms with E-state index in [-0.39, 0.29) is 18.4 Å². The van der Waals surface area contributed by atoms with E-state index in [4.69, 9.17) is 9.47 Å². The van der Waals surface area contributed by atoms with Gasteiger partial charge >= 0.3 is 0 Å². The highest BCUT2D eigenvalue weighted by atomic mass is 16.5. The van der Waals surface area contributed by atoms with Gasteiger partial charge in [0.05, 0.1) is 20.8 Å². The number of amides is 2. The van der Waals surface area contributed by atoms with Crippen molar-refractivity contribution >= 4 is 18.1 Å². The van der Waals surface area contributed by atoms with Crippen LogP contribution in [0.25, 0.3) is 0 Å². The minimum absolute atomic E-state index is 0.122. The van der Waals surface area contributed by atoms with Crippen molar-refractivity contribution in [3.8, 4) is 11.5 Å². The fraction of sp³-hybridized carbons (Fsp3) is 0.350. The summed E-state index contributed by atoms with van der Waals surface area (Å²) in [6.45, 7) is 4.45. The molecule has 0 saturated carbocycles. The minimum Gasteiger partial charge on any atom is -0.493 e. The lowest BCUT2D eigenvalue weighted by Gasteiger charge is -2.13. The number of nitrogens with one attached hydrogen (secondary N) is 2. The first-order valence-electron chi connectivity index (χ1n) is 8.80. The van der Waals surface area contributed by atoms with Crippen molar-refractivity contribution in [3.05, 3.63) is 46.8 Å². The van der Waals surface area contributed by atoms with E-state index >= 15 is 0 Å². The monoisotopic (exact) mass is 387 g/mol. The van der Waals surface area contributed by atoms with Crippen LogP contribution in [-0.4, -0.2) is 43.4 Å². The lowest BCUT2D eigenvalue weighted by molar-refractivity contribution is -0.118. The molecule has 2 aromatic rings. The zero-order chi connectivity index (χ0) is 20.7. The van der Waals surface area contributed by atoms with E-state index in [1.54, 1.807) is 24.3 Å². The summed E-state index contributed by atoms with van der Waals surface area (Å²) in [7, 11) is 3.03. The van der Waals surface area contributed by atoms with Gasteiger partial charge in [-0.25, -0.2) is 0 Å². The number of aldehydes is 1. The largest absolute Gasteiger partial charge is 0.493 e. The molecule has 0 saturated heterocycles. The average molecular weight is 387 g/mol. The molecule has 2 rings (SSSR count). The lowest BCUT2D eigenvalue weighted by Crippen LogP contribution is -2.27. The molecule has 1 aromatic heterocycles. The normalized spacial score (nSPS) is 10.3. The molecule has 150 valence electrons. The van der Waals surface area contributed by atoms with Crippen LogP contribution in [-0.2, 0) is 17.9 Å². The van der Waals surface area contributed by atoms with Crippen LogP contribution in [0.1, 0.15) is 39.0 Å². The maximum Gasteiger partial charge on any atom is 0.251 e. The summed E-state index contributed by atoms with van der Waals surface area (Å²) in [5, 5.41) is 5.58. The van der Waals surface area contributed by atoms with Crippen molar-refractivity contribution in [1.29, 1.82) is 0 Å². The molecular weight excluding hydrogens is 362 g/mol. The summed E-state index contributed by atoms with van der Waals surface area (Å²) in [5.74, 6) is 0.606. The third-order valence-corrected chi connectivity index (χ3v) is 4.40. The number of hydrogen-bond acceptors (Lipinski definition) is 5. The molecule has 0 aliphatic heterocycles. The number of methoxy groups -OCH3 is 2. The predicted molar refractivity (Wildman–Crippen MR) is 104 cm³/mol. The molecule has 0 aliphatic rings. The van der Waals surface area contributed by atoms with E-state index in [0.717, 1.165) is 17.7 Å². The zero-order valence-corrected chi connectivity index (χ0v) is 16.5. The Hall–Kier alpha value is -3.29. The molecule has 8 heteroatoms. The maximum absolute atomic E-state index is 12.5. The second-order valence-corrected chi connectivity index (χ2v) is 6.18. The fourth-order valence-electron chi connectivity index (χ4n) is 2.90.